The van der Waals surface area contributed by atoms with Crippen molar-refractivity contribution >= 4 is 28.1 Å². The Balaban J connectivity index is 1.15. The van der Waals surface area contributed by atoms with E-state index in [0.29, 0.717) is 41.3 Å². The molecule has 0 saturated carbocycles. The highest BCUT2D eigenvalue weighted by molar-refractivity contribution is 7.18. The summed E-state index contributed by atoms with van der Waals surface area (Å²) in [5, 5.41) is 13.5. The van der Waals surface area contributed by atoms with Gasteiger partial charge >= 0.3 is 5.97 Å². The van der Waals surface area contributed by atoms with Gasteiger partial charge in [0.05, 0.1) is 13.5 Å². The molecule has 6 rings (SSSR count). The van der Waals surface area contributed by atoms with Crippen LogP contribution in [-0.2, 0) is 29.2 Å². The van der Waals surface area contributed by atoms with Gasteiger partial charge in [0.25, 0.3) is 0 Å². The number of methoxy groups -OCH3 is 1. The summed E-state index contributed by atoms with van der Waals surface area (Å²) in [4.78, 5) is 11.5. The smallest absolute Gasteiger partial charge is 0.309 e. The molecular formula is C37H31N3O5S. The molecule has 0 aliphatic heterocycles. The van der Waals surface area contributed by atoms with Gasteiger partial charge in [-0.2, -0.15) is 0 Å². The largest absolute Gasteiger partial charge is 0.489 e. The van der Waals surface area contributed by atoms with Crippen LogP contribution < -0.4 is 19.5 Å². The number of esters is 1. The highest BCUT2D eigenvalue weighted by Gasteiger charge is 2.12. The Bertz CT molecular complexity index is 1820. The highest BCUT2D eigenvalue weighted by atomic mass is 32.1. The molecule has 46 heavy (non-hydrogen) atoms. The maximum atomic E-state index is 11.5. The van der Waals surface area contributed by atoms with E-state index in [1.165, 1.54) is 18.4 Å². The second-order valence-electron chi connectivity index (χ2n) is 10.3. The summed E-state index contributed by atoms with van der Waals surface area (Å²) in [5.41, 5.74) is 4.64. The van der Waals surface area contributed by atoms with Gasteiger partial charge in [-0.05, 0) is 53.1 Å². The lowest BCUT2D eigenvalue weighted by Crippen LogP contribution is -2.04. The fraction of sp³-hybridized carbons (Fsp3) is 0.108. The van der Waals surface area contributed by atoms with Crippen LogP contribution in [0.25, 0.3) is 10.6 Å². The van der Waals surface area contributed by atoms with Crippen LogP contribution in [0.2, 0.25) is 0 Å². The van der Waals surface area contributed by atoms with E-state index >= 15 is 0 Å². The van der Waals surface area contributed by atoms with Gasteiger partial charge in [-0.1, -0.05) is 90.2 Å². The van der Waals surface area contributed by atoms with Crippen molar-refractivity contribution in [2.45, 2.75) is 19.6 Å². The summed E-state index contributed by atoms with van der Waals surface area (Å²) in [7, 11) is 1.38. The Kier molecular flexibility index (Phi) is 9.82. The van der Waals surface area contributed by atoms with E-state index in [4.69, 9.17) is 18.9 Å². The Morgan fingerprint density at radius 1 is 0.652 bits per heavy atom. The molecule has 0 saturated heterocycles. The highest BCUT2D eigenvalue weighted by Crippen LogP contribution is 2.35. The zero-order valence-corrected chi connectivity index (χ0v) is 25.9. The second kappa shape index (κ2) is 14.9. The minimum atomic E-state index is -0.284. The van der Waals surface area contributed by atoms with Gasteiger partial charge < -0.3 is 24.3 Å². The van der Waals surface area contributed by atoms with Gasteiger partial charge in [0.1, 0.15) is 41.2 Å². The molecule has 230 valence electrons. The number of carbonyl (C=O) groups is 1. The van der Waals surface area contributed by atoms with Gasteiger partial charge in [0.15, 0.2) is 0 Å². The third-order valence-corrected chi connectivity index (χ3v) is 7.76. The lowest BCUT2D eigenvalue weighted by atomic mass is 10.1. The average molecular weight is 630 g/mol. The first-order valence-corrected chi connectivity index (χ1v) is 15.4. The van der Waals surface area contributed by atoms with Gasteiger partial charge in [-0.25, -0.2) is 0 Å². The Morgan fingerprint density at radius 2 is 1.30 bits per heavy atom. The zero-order chi connectivity index (χ0) is 31.6. The van der Waals surface area contributed by atoms with Crippen LogP contribution in [0.5, 0.6) is 23.0 Å². The summed E-state index contributed by atoms with van der Waals surface area (Å²) < 4.78 is 23.1. The topological polar surface area (TPSA) is 91.8 Å². The summed E-state index contributed by atoms with van der Waals surface area (Å²) in [6.45, 7) is 0.864. The van der Waals surface area contributed by atoms with Gasteiger partial charge in [-0.3, -0.25) is 4.79 Å². The normalized spacial score (nSPS) is 10.6. The number of rotatable bonds is 13. The molecule has 0 aliphatic carbocycles. The second-order valence-corrected chi connectivity index (χ2v) is 11.3. The molecule has 0 amide bonds. The minimum Gasteiger partial charge on any atom is -0.489 e. The van der Waals surface area contributed by atoms with Crippen molar-refractivity contribution in [3.8, 4) is 33.6 Å². The molecular weight excluding hydrogens is 598 g/mol. The van der Waals surface area contributed by atoms with Crippen LogP contribution in [0.4, 0.5) is 10.8 Å². The molecule has 0 fully saturated rings. The monoisotopic (exact) mass is 629 g/mol. The Morgan fingerprint density at radius 3 is 1.93 bits per heavy atom. The number of ether oxygens (including phenoxy) is 4. The Labute approximate surface area is 271 Å². The molecule has 8 nitrogen and oxygen atoms in total. The van der Waals surface area contributed by atoms with Crippen molar-refractivity contribution in [2.75, 3.05) is 12.4 Å². The van der Waals surface area contributed by atoms with Crippen LogP contribution in [0, 0.1) is 0 Å². The van der Waals surface area contributed by atoms with Crippen LogP contribution in [0.1, 0.15) is 16.7 Å². The fourth-order valence-electron chi connectivity index (χ4n) is 4.55. The third-order valence-electron chi connectivity index (χ3n) is 6.87. The van der Waals surface area contributed by atoms with Crippen molar-refractivity contribution in [2.24, 2.45) is 0 Å². The first-order valence-electron chi connectivity index (χ1n) is 14.6. The quantitative estimate of drug-likeness (QED) is 0.127. The molecule has 9 heteroatoms. The van der Waals surface area contributed by atoms with Crippen molar-refractivity contribution in [1.29, 1.82) is 0 Å². The SMILES string of the molecule is COC(=O)Cc1ccc(Oc2cccc(Nc3nnc(-c4cc(OCc5ccccc5)cc(OCc5ccccc5)c4)s3)c2)cc1. The third kappa shape index (κ3) is 8.49. The number of aromatic nitrogens is 2. The Hall–Kier alpha value is -5.67. The number of anilines is 2. The molecule has 0 aliphatic rings. The molecule has 0 atom stereocenters. The number of benzene rings is 5. The average Bonchev–Trinajstić information content (AvgIpc) is 3.57. The number of hydrogen-bond donors (Lipinski definition) is 1. The van der Waals surface area contributed by atoms with E-state index in [2.05, 4.69) is 15.5 Å². The van der Waals surface area contributed by atoms with E-state index < -0.39 is 0 Å². The standard InChI is InChI=1S/C37H31N3O5S/c1-42-35(41)19-26-15-17-31(18-16-26)45-32-14-8-13-30(22-32)38-37-40-39-36(46-37)29-20-33(43-24-27-9-4-2-5-10-27)23-34(21-29)44-25-28-11-6-3-7-12-28/h2-18,20-23H,19,24-25H2,1H3,(H,38,40). The summed E-state index contributed by atoms with van der Waals surface area (Å²) in [6, 6.07) is 40.8. The zero-order valence-electron chi connectivity index (χ0n) is 25.1. The fourth-order valence-corrected chi connectivity index (χ4v) is 5.30. The van der Waals surface area contributed by atoms with E-state index in [1.54, 1.807) is 0 Å². The van der Waals surface area contributed by atoms with E-state index in [1.807, 2.05) is 127 Å². The van der Waals surface area contributed by atoms with Gasteiger partial charge in [0.2, 0.25) is 5.13 Å². The first-order chi connectivity index (χ1) is 22.6. The molecule has 0 radical (unpaired) electrons. The summed E-state index contributed by atoms with van der Waals surface area (Å²) in [5.74, 6) is 2.38. The summed E-state index contributed by atoms with van der Waals surface area (Å²) in [6.07, 6.45) is 0.215. The van der Waals surface area contributed by atoms with Crippen LogP contribution in [-0.4, -0.2) is 23.3 Å². The molecule has 1 heterocycles. The molecule has 6 aromatic rings. The number of hydrogen-bond acceptors (Lipinski definition) is 9. The van der Waals surface area contributed by atoms with E-state index in [-0.39, 0.29) is 12.4 Å². The molecule has 0 unspecified atom stereocenters. The van der Waals surface area contributed by atoms with Crippen molar-refractivity contribution in [3.05, 3.63) is 144 Å². The lowest BCUT2D eigenvalue weighted by Gasteiger charge is -2.12. The van der Waals surface area contributed by atoms with Crippen molar-refractivity contribution in [1.82, 2.24) is 10.2 Å². The predicted molar refractivity (Wildman–Crippen MR) is 179 cm³/mol. The molecule has 5 aromatic carbocycles. The van der Waals surface area contributed by atoms with Gasteiger partial charge in [0, 0.05) is 23.4 Å². The summed E-state index contributed by atoms with van der Waals surface area (Å²) >= 11 is 1.42. The lowest BCUT2D eigenvalue weighted by molar-refractivity contribution is -0.139. The van der Waals surface area contributed by atoms with Crippen molar-refractivity contribution < 1.29 is 23.7 Å². The first kappa shape index (κ1) is 30.4. The van der Waals surface area contributed by atoms with Crippen molar-refractivity contribution in [3.63, 3.8) is 0 Å². The minimum absolute atomic E-state index is 0.215. The molecule has 0 spiro atoms. The van der Waals surface area contributed by atoms with Gasteiger partial charge in [-0.15, -0.1) is 10.2 Å². The maximum absolute atomic E-state index is 11.5. The molecule has 0 bridgehead atoms. The maximum Gasteiger partial charge on any atom is 0.309 e. The van der Waals surface area contributed by atoms with E-state index in [0.717, 1.165) is 32.9 Å². The van der Waals surface area contributed by atoms with Crippen LogP contribution >= 0.6 is 11.3 Å². The van der Waals surface area contributed by atoms with Crippen LogP contribution in [0.3, 0.4) is 0 Å². The number of nitrogens with one attached hydrogen (secondary N) is 1. The number of nitrogens with zero attached hydrogens (tertiary/aromatic N) is 2. The van der Waals surface area contributed by atoms with Crippen LogP contribution in [0.15, 0.2) is 127 Å². The molecule has 1 aromatic heterocycles. The molecule has 1 N–H and O–H groups in total. The predicted octanol–water partition coefficient (Wildman–Crippen LogP) is 8.61. The van der Waals surface area contributed by atoms with E-state index in [9.17, 15) is 4.79 Å². The number of carbonyl (C=O) groups excluding carboxylic acids is 1.